The first-order chi connectivity index (χ1) is 7.50. The van der Waals surface area contributed by atoms with Crippen LogP contribution in [-0.4, -0.2) is 42.6 Å². The first kappa shape index (κ1) is 13.5. The molecule has 16 heavy (non-hydrogen) atoms. The molecule has 0 bridgehead atoms. The lowest BCUT2D eigenvalue weighted by Gasteiger charge is -2.37. The maximum Gasteiger partial charge on any atom is 0.224 e. The molecule has 0 spiro atoms. The molecule has 4 nitrogen and oxygen atoms in total. The van der Waals surface area contributed by atoms with Crippen LogP contribution in [-0.2, 0) is 9.53 Å². The average Bonchev–Trinajstić information content (AvgIpc) is 2.16. The van der Waals surface area contributed by atoms with Crippen LogP contribution in [0.2, 0.25) is 0 Å². The van der Waals surface area contributed by atoms with Gasteiger partial charge in [-0.3, -0.25) is 4.79 Å². The summed E-state index contributed by atoms with van der Waals surface area (Å²) in [5.74, 6) is 0.751. The highest BCUT2D eigenvalue weighted by Crippen LogP contribution is 2.16. The fraction of sp³-hybridized carbons (Fsp3) is 0.917. The van der Waals surface area contributed by atoms with E-state index < -0.39 is 0 Å². The van der Waals surface area contributed by atoms with Gasteiger partial charge in [0.25, 0.3) is 0 Å². The zero-order valence-corrected chi connectivity index (χ0v) is 10.6. The van der Waals surface area contributed by atoms with E-state index in [1.165, 1.54) is 0 Å². The molecule has 1 aliphatic heterocycles. The Labute approximate surface area is 98.1 Å². The van der Waals surface area contributed by atoms with Crippen LogP contribution in [0.1, 0.15) is 33.6 Å². The van der Waals surface area contributed by atoms with Crippen LogP contribution in [0.15, 0.2) is 0 Å². The zero-order chi connectivity index (χ0) is 12.1. The Morgan fingerprint density at radius 1 is 1.50 bits per heavy atom. The van der Waals surface area contributed by atoms with Crippen molar-refractivity contribution in [3.63, 3.8) is 0 Å². The Morgan fingerprint density at radius 3 is 2.75 bits per heavy atom. The molecular weight excluding hydrogens is 204 g/mol. The van der Waals surface area contributed by atoms with E-state index in [2.05, 4.69) is 13.8 Å². The second-order valence-electron chi connectivity index (χ2n) is 5.13. The predicted molar refractivity (Wildman–Crippen MR) is 64.0 cm³/mol. The largest absolute Gasteiger partial charge is 0.377 e. The van der Waals surface area contributed by atoms with Crippen LogP contribution in [0.3, 0.4) is 0 Å². The second-order valence-corrected chi connectivity index (χ2v) is 5.13. The average molecular weight is 228 g/mol. The van der Waals surface area contributed by atoms with E-state index >= 15 is 0 Å². The summed E-state index contributed by atoms with van der Waals surface area (Å²) >= 11 is 0. The molecule has 1 fully saturated rings. The van der Waals surface area contributed by atoms with Crippen LogP contribution in [0.5, 0.6) is 0 Å². The Balaban J connectivity index is 2.55. The molecule has 0 aromatic carbocycles. The van der Waals surface area contributed by atoms with Gasteiger partial charge in [-0.1, -0.05) is 13.8 Å². The molecule has 1 heterocycles. The molecule has 0 aromatic heterocycles. The van der Waals surface area contributed by atoms with Crippen LogP contribution >= 0.6 is 0 Å². The molecule has 94 valence electrons. The number of carbonyl (C=O) groups excluding carboxylic acids is 1. The van der Waals surface area contributed by atoms with Crippen LogP contribution in [0.25, 0.3) is 0 Å². The van der Waals surface area contributed by atoms with Crippen molar-refractivity contribution in [2.75, 3.05) is 19.8 Å². The number of nitrogens with zero attached hydrogens (tertiary/aromatic N) is 1. The molecule has 0 radical (unpaired) electrons. The summed E-state index contributed by atoms with van der Waals surface area (Å²) in [6.07, 6.45) is 1.44. The van der Waals surface area contributed by atoms with E-state index in [0.717, 1.165) is 6.42 Å². The predicted octanol–water partition coefficient (Wildman–Crippen LogP) is 0.997. The molecule has 4 heteroatoms. The SMILES string of the molecule is CC(C)CC1COCCN1C(=O)CC(C)N. The lowest BCUT2D eigenvalue weighted by Crippen LogP contribution is -2.50. The van der Waals surface area contributed by atoms with Gasteiger partial charge in [0.2, 0.25) is 5.91 Å². The Kier molecular flexibility index (Phi) is 5.22. The molecule has 1 saturated heterocycles. The van der Waals surface area contributed by atoms with Gasteiger partial charge in [-0.15, -0.1) is 0 Å². The smallest absolute Gasteiger partial charge is 0.224 e. The summed E-state index contributed by atoms with van der Waals surface area (Å²) in [6, 6.07) is 0.176. The standard InChI is InChI=1S/C12H24N2O2/c1-9(2)6-11-8-16-5-4-14(11)12(15)7-10(3)13/h9-11H,4-8,13H2,1-3H3. The van der Waals surface area contributed by atoms with E-state index in [9.17, 15) is 4.79 Å². The monoisotopic (exact) mass is 228 g/mol. The third kappa shape index (κ3) is 4.10. The molecule has 0 saturated carbocycles. The van der Waals surface area contributed by atoms with Crippen molar-refractivity contribution in [3.8, 4) is 0 Å². The molecule has 1 amide bonds. The van der Waals surface area contributed by atoms with Gasteiger partial charge >= 0.3 is 0 Å². The third-order valence-corrected chi connectivity index (χ3v) is 2.79. The second kappa shape index (κ2) is 6.21. The molecule has 0 aliphatic carbocycles. The number of nitrogens with two attached hydrogens (primary N) is 1. The number of hydrogen-bond donors (Lipinski definition) is 1. The number of ether oxygens (including phenoxy) is 1. The number of hydrogen-bond acceptors (Lipinski definition) is 3. The van der Waals surface area contributed by atoms with E-state index in [1.807, 2.05) is 11.8 Å². The van der Waals surface area contributed by atoms with Crippen LogP contribution in [0, 0.1) is 5.92 Å². The van der Waals surface area contributed by atoms with Gasteiger partial charge < -0.3 is 15.4 Å². The van der Waals surface area contributed by atoms with Crippen molar-refractivity contribution < 1.29 is 9.53 Å². The van der Waals surface area contributed by atoms with E-state index in [1.54, 1.807) is 0 Å². The number of rotatable bonds is 4. The van der Waals surface area contributed by atoms with Gasteiger partial charge in [-0.25, -0.2) is 0 Å². The summed E-state index contributed by atoms with van der Waals surface area (Å²) in [5, 5.41) is 0. The minimum atomic E-state index is -0.0601. The molecule has 2 unspecified atom stereocenters. The van der Waals surface area contributed by atoms with E-state index in [4.69, 9.17) is 10.5 Å². The summed E-state index contributed by atoms with van der Waals surface area (Å²) < 4.78 is 5.44. The van der Waals surface area contributed by atoms with E-state index in [-0.39, 0.29) is 18.0 Å². The highest BCUT2D eigenvalue weighted by molar-refractivity contribution is 5.77. The summed E-state index contributed by atoms with van der Waals surface area (Å²) in [7, 11) is 0. The summed E-state index contributed by atoms with van der Waals surface area (Å²) in [5.41, 5.74) is 5.67. The lowest BCUT2D eigenvalue weighted by atomic mass is 10.0. The quantitative estimate of drug-likeness (QED) is 0.781. The maximum atomic E-state index is 12.0. The Hall–Kier alpha value is -0.610. The minimum absolute atomic E-state index is 0.0601. The van der Waals surface area contributed by atoms with Gasteiger partial charge in [0.05, 0.1) is 19.3 Å². The maximum absolute atomic E-state index is 12.0. The molecule has 0 aromatic rings. The Morgan fingerprint density at radius 2 is 2.19 bits per heavy atom. The number of morpholine rings is 1. The van der Waals surface area contributed by atoms with Gasteiger partial charge in [-0.05, 0) is 19.3 Å². The van der Waals surface area contributed by atoms with Gasteiger partial charge in [0.1, 0.15) is 0 Å². The molecule has 1 rings (SSSR count). The van der Waals surface area contributed by atoms with Crippen LogP contribution in [0.4, 0.5) is 0 Å². The van der Waals surface area contributed by atoms with Crippen LogP contribution < -0.4 is 5.73 Å². The molecular formula is C12H24N2O2. The molecule has 2 N–H and O–H groups in total. The summed E-state index contributed by atoms with van der Waals surface area (Å²) in [4.78, 5) is 13.9. The first-order valence-electron chi connectivity index (χ1n) is 6.13. The van der Waals surface area contributed by atoms with Gasteiger partial charge in [-0.2, -0.15) is 0 Å². The minimum Gasteiger partial charge on any atom is -0.377 e. The van der Waals surface area contributed by atoms with Gasteiger partial charge in [0.15, 0.2) is 0 Å². The number of carbonyl (C=O) groups is 1. The van der Waals surface area contributed by atoms with Crippen molar-refractivity contribution in [1.29, 1.82) is 0 Å². The Bertz CT molecular complexity index is 229. The normalized spacial score (nSPS) is 23.6. The molecule has 2 atom stereocenters. The van der Waals surface area contributed by atoms with Crippen molar-refractivity contribution in [2.24, 2.45) is 11.7 Å². The van der Waals surface area contributed by atoms with Crippen molar-refractivity contribution in [1.82, 2.24) is 4.90 Å². The van der Waals surface area contributed by atoms with Crippen molar-refractivity contribution >= 4 is 5.91 Å². The first-order valence-corrected chi connectivity index (χ1v) is 6.13. The zero-order valence-electron chi connectivity index (χ0n) is 10.6. The highest BCUT2D eigenvalue weighted by atomic mass is 16.5. The fourth-order valence-corrected chi connectivity index (χ4v) is 2.12. The number of amides is 1. The third-order valence-electron chi connectivity index (χ3n) is 2.79. The highest BCUT2D eigenvalue weighted by Gasteiger charge is 2.27. The topological polar surface area (TPSA) is 55.6 Å². The summed E-state index contributed by atoms with van der Waals surface area (Å²) in [6.45, 7) is 8.24. The van der Waals surface area contributed by atoms with E-state index in [0.29, 0.717) is 32.1 Å². The van der Waals surface area contributed by atoms with Crippen molar-refractivity contribution in [2.45, 2.75) is 45.7 Å². The van der Waals surface area contributed by atoms with Gasteiger partial charge in [0, 0.05) is 19.0 Å². The fourth-order valence-electron chi connectivity index (χ4n) is 2.12. The molecule has 1 aliphatic rings. The lowest BCUT2D eigenvalue weighted by molar-refractivity contribution is -0.140. The van der Waals surface area contributed by atoms with Crippen molar-refractivity contribution in [3.05, 3.63) is 0 Å².